The van der Waals surface area contributed by atoms with Gasteiger partial charge in [-0.15, -0.1) is 0 Å². The third kappa shape index (κ3) is 7.14. The molecule has 3 rings (SSSR count). The lowest BCUT2D eigenvalue weighted by atomic mass is 10.1. The molecule has 0 saturated heterocycles. The largest absolute Gasteiger partial charge is 0.490 e. The Kier molecular flexibility index (Phi) is 9.03. The molecule has 0 aliphatic carbocycles. The third-order valence-corrected chi connectivity index (χ3v) is 6.03. The molecule has 3 aromatic carbocycles. The number of anilines is 2. The van der Waals surface area contributed by atoms with Crippen molar-refractivity contribution >= 4 is 44.8 Å². The molecular formula is C26H28BrClN2O3. The first-order valence-electron chi connectivity index (χ1n) is 10.9. The fourth-order valence-electron chi connectivity index (χ4n) is 3.19. The zero-order valence-electron chi connectivity index (χ0n) is 19.0. The maximum Gasteiger partial charge on any atom is 0.262 e. The van der Waals surface area contributed by atoms with Crippen LogP contribution < -0.4 is 20.1 Å². The summed E-state index contributed by atoms with van der Waals surface area (Å²) in [7, 11) is 0. The van der Waals surface area contributed by atoms with E-state index < -0.39 is 0 Å². The van der Waals surface area contributed by atoms with Gasteiger partial charge in [-0.1, -0.05) is 36.7 Å². The van der Waals surface area contributed by atoms with E-state index in [1.54, 1.807) is 12.1 Å². The molecule has 0 spiro atoms. The standard InChI is InChI=1S/C26H28BrClN2O3/c1-4-18-7-10-20(11-8-18)29-15-19-12-22(27)26(24(13-19)32-5-2)33-16-25(31)30-21-9-6-17(3)23(28)14-21/h6-14,29H,4-5,15-16H2,1-3H3,(H,30,31). The van der Waals surface area contributed by atoms with Crippen LogP contribution in [0, 0.1) is 6.92 Å². The van der Waals surface area contributed by atoms with Gasteiger partial charge in [-0.3, -0.25) is 4.79 Å². The summed E-state index contributed by atoms with van der Waals surface area (Å²) in [5.41, 5.74) is 4.95. The van der Waals surface area contributed by atoms with Crippen molar-refractivity contribution in [2.45, 2.75) is 33.7 Å². The van der Waals surface area contributed by atoms with E-state index in [-0.39, 0.29) is 12.5 Å². The van der Waals surface area contributed by atoms with E-state index in [4.69, 9.17) is 21.1 Å². The summed E-state index contributed by atoms with van der Waals surface area (Å²) in [6, 6.07) is 17.7. The summed E-state index contributed by atoms with van der Waals surface area (Å²) in [4.78, 5) is 12.4. The average molecular weight is 532 g/mol. The van der Waals surface area contributed by atoms with Crippen LogP contribution in [-0.2, 0) is 17.8 Å². The Labute approximate surface area is 208 Å². The Bertz CT molecular complexity index is 1100. The zero-order chi connectivity index (χ0) is 23.8. The minimum Gasteiger partial charge on any atom is -0.490 e. The quantitative estimate of drug-likeness (QED) is 0.296. The number of hydrogen-bond donors (Lipinski definition) is 2. The average Bonchev–Trinajstić information content (AvgIpc) is 2.80. The molecule has 33 heavy (non-hydrogen) atoms. The van der Waals surface area contributed by atoms with Gasteiger partial charge in [0, 0.05) is 22.9 Å². The van der Waals surface area contributed by atoms with E-state index in [0.717, 1.165) is 27.7 Å². The van der Waals surface area contributed by atoms with Crippen molar-refractivity contribution in [3.8, 4) is 11.5 Å². The van der Waals surface area contributed by atoms with E-state index >= 15 is 0 Å². The van der Waals surface area contributed by atoms with Gasteiger partial charge in [0.25, 0.3) is 5.91 Å². The predicted octanol–water partition coefficient (Wildman–Crippen LogP) is 7.00. The lowest BCUT2D eigenvalue weighted by Gasteiger charge is -2.16. The van der Waals surface area contributed by atoms with Gasteiger partial charge in [0.15, 0.2) is 18.1 Å². The van der Waals surface area contributed by atoms with Crippen LogP contribution >= 0.6 is 27.5 Å². The molecule has 0 aliphatic heterocycles. The molecular weight excluding hydrogens is 504 g/mol. The summed E-state index contributed by atoms with van der Waals surface area (Å²) >= 11 is 9.69. The van der Waals surface area contributed by atoms with Gasteiger partial charge >= 0.3 is 0 Å². The minimum absolute atomic E-state index is 0.161. The molecule has 0 saturated carbocycles. The fourth-order valence-corrected chi connectivity index (χ4v) is 3.98. The van der Waals surface area contributed by atoms with Crippen LogP contribution in [0.2, 0.25) is 5.02 Å². The zero-order valence-corrected chi connectivity index (χ0v) is 21.3. The topological polar surface area (TPSA) is 59.6 Å². The molecule has 174 valence electrons. The first-order chi connectivity index (χ1) is 15.9. The molecule has 0 aliphatic rings. The number of benzene rings is 3. The number of carbonyl (C=O) groups is 1. The Balaban J connectivity index is 1.65. The Morgan fingerprint density at radius 3 is 2.36 bits per heavy atom. The van der Waals surface area contributed by atoms with Crippen molar-refractivity contribution in [2.24, 2.45) is 0 Å². The van der Waals surface area contributed by atoms with Crippen LogP contribution in [0.3, 0.4) is 0 Å². The second-order valence-corrected chi connectivity index (χ2v) is 8.80. The summed E-state index contributed by atoms with van der Waals surface area (Å²) < 4.78 is 12.3. The van der Waals surface area contributed by atoms with Gasteiger partial charge in [-0.2, -0.15) is 0 Å². The molecule has 0 radical (unpaired) electrons. The van der Waals surface area contributed by atoms with Crippen LogP contribution in [0.15, 0.2) is 59.1 Å². The highest BCUT2D eigenvalue weighted by atomic mass is 79.9. The smallest absolute Gasteiger partial charge is 0.262 e. The normalized spacial score (nSPS) is 10.6. The van der Waals surface area contributed by atoms with Crippen LogP contribution in [0.25, 0.3) is 0 Å². The number of ether oxygens (including phenoxy) is 2. The summed E-state index contributed by atoms with van der Waals surface area (Å²) in [5, 5.41) is 6.81. The van der Waals surface area contributed by atoms with E-state index in [0.29, 0.717) is 35.4 Å². The SMILES string of the molecule is CCOc1cc(CNc2ccc(CC)cc2)cc(Br)c1OCC(=O)Nc1ccc(C)c(Cl)c1. The molecule has 3 aromatic rings. The van der Waals surface area contributed by atoms with Gasteiger partial charge in [-0.05, 0) is 89.3 Å². The highest BCUT2D eigenvalue weighted by Gasteiger charge is 2.15. The number of hydrogen-bond acceptors (Lipinski definition) is 4. The van der Waals surface area contributed by atoms with Crippen LogP contribution in [0.4, 0.5) is 11.4 Å². The van der Waals surface area contributed by atoms with Gasteiger partial charge < -0.3 is 20.1 Å². The molecule has 7 heteroatoms. The molecule has 0 fully saturated rings. The number of halogens is 2. The van der Waals surface area contributed by atoms with Crippen molar-refractivity contribution in [3.05, 3.63) is 80.8 Å². The Morgan fingerprint density at radius 1 is 0.970 bits per heavy atom. The van der Waals surface area contributed by atoms with Gasteiger partial charge in [0.05, 0.1) is 11.1 Å². The minimum atomic E-state index is -0.287. The first kappa shape index (κ1) is 24.9. The first-order valence-corrected chi connectivity index (χ1v) is 12.0. The van der Waals surface area contributed by atoms with Gasteiger partial charge in [0.1, 0.15) is 0 Å². The molecule has 0 unspecified atom stereocenters. The van der Waals surface area contributed by atoms with Crippen molar-refractivity contribution < 1.29 is 14.3 Å². The highest BCUT2D eigenvalue weighted by Crippen LogP contribution is 2.37. The number of nitrogens with one attached hydrogen (secondary N) is 2. The summed E-state index contributed by atoms with van der Waals surface area (Å²) in [5.74, 6) is 0.784. The number of amides is 1. The van der Waals surface area contributed by atoms with Crippen LogP contribution in [0.1, 0.15) is 30.5 Å². The maximum absolute atomic E-state index is 12.4. The molecule has 0 atom stereocenters. The van der Waals surface area contributed by atoms with E-state index in [1.807, 2.05) is 32.0 Å². The van der Waals surface area contributed by atoms with Gasteiger partial charge in [0.2, 0.25) is 0 Å². The van der Waals surface area contributed by atoms with E-state index in [1.165, 1.54) is 5.56 Å². The molecule has 2 N–H and O–H groups in total. The van der Waals surface area contributed by atoms with E-state index in [2.05, 4.69) is 57.8 Å². The second-order valence-electron chi connectivity index (χ2n) is 7.54. The lowest BCUT2D eigenvalue weighted by molar-refractivity contribution is -0.118. The maximum atomic E-state index is 12.4. The van der Waals surface area contributed by atoms with E-state index in [9.17, 15) is 4.79 Å². The fraction of sp³-hybridized carbons (Fsp3) is 0.269. The number of aryl methyl sites for hydroxylation is 2. The number of carbonyl (C=O) groups excluding carboxylic acids is 1. The number of rotatable bonds is 10. The molecule has 0 aromatic heterocycles. The van der Waals surface area contributed by atoms with Crippen molar-refractivity contribution in [2.75, 3.05) is 23.8 Å². The monoisotopic (exact) mass is 530 g/mol. The van der Waals surface area contributed by atoms with Gasteiger partial charge in [-0.25, -0.2) is 0 Å². The third-order valence-electron chi connectivity index (χ3n) is 5.03. The Hall–Kier alpha value is -2.70. The summed E-state index contributed by atoms with van der Waals surface area (Å²) in [6.07, 6.45) is 1.02. The molecule has 0 heterocycles. The van der Waals surface area contributed by atoms with Crippen molar-refractivity contribution in [1.29, 1.82) is 0 Å². The van der Waals surface area contributed by atoms with Crippen LogP contribution in [-0.4, -0.2) is 19.1 Å². The Morgan fingerprint density at radius 2 is 1.70 bits per heavy atom. The van der Waals surface area contributed by atoms with Crippen molar-refractivity contribution in [3.63, 3.8) is 0 Å². The lowest BCUT2D eigenvalue weighted by Crippen LogP contribution is -2.20. The second kappa shape index (κ2) is 12.0. The molecule has 1 amide bonds. The van der Waals surface area contributed by atoms with Crippen molar-refractivity contribution in [1.82, 2.24) is 0 Å². The molecule has 5 nitrogen and oxygen atoms in total. The highest BCUT2D eigenvalue weighted by molar-refractivity contribution is 9.10. The molecule has 0 bridgehead atoms. The summed E-state index contributed by atoms with van der Waals surface area (Å²) in [6.45, 7) is 6.90. The predicted molar refractivity (Wildman–Crippen MR) is 139 cm³/mol. The van der Waals surface area contributed by atoms with Crippen LogP contribution in [0.5, 0.6) is 11.5 Å².